The van der Waals surface area contributed by atoms with Crippen LogP contribution in [0.1, 0.15) is 37.1 Å². The minimum atomic E-state index is 0.0244. The van der Waals surface area contributed by atoms with Gasteiger partial charge in [0.1, 0.15) is 5.01 Å². The minimum absolute atomic E-state index is 0.0244. The van der Waals surface area contributed by atoms with Crippen molar-refractivity contribution in [1.82, 2.24) is 10.2 Å². The molecule has 0 N–H and O–H groups in total. The van der Waals surface area contributed by atoms with Crippen LogP contribution >= 0.6 is 11.3 Å². The van der Waals surface area contributed by atoms with E-state index in [9.17, 15) is 0 Å². The molecule has 134 valence electrons. The summed E-state index contributed by atoms with van der Waals surface area (Å²) < 4.78 is 17.8. The number of nitrogens with zero attached hydrogens (tertiary/aromatic N) is 3. The lowest BCUT2D eigenvalue weighted by atomic mass is 9.88. The Hall–Kier alpha value is -0.760. The third-order valence-electron chi connectivity index (χ3n) is 5.54. The van der Waals surface area contributed by atoms with E-state index < -0.39 is 0 Å². The first-order valence-electron chi connectivity index (χ1n) is 9.11. The first-order chi connectivity index (χ1) is 11.7. The van der Waals surface area contributed by atoms with E-state index in [0.717, 1.165) is 81.8 Å². The molecule has 1 aromatic heterocycles. The van der Waals surface area contributed by atoms with Gasteiger partial charge in [-0.05, 0) is 38.5 Å². The summed E-state index contributed by atoms with van der Waals surface area (Å²) in [6, 6.07) is 0. The van der Waals surface area contributed by atoms with E-state index in [1.807, 2.05) is 6.92 Å². The largest absolute Gasteiger partial charge is 0.381 e. The Labute approximate surface area is 147 Å². The molecule has 6 nitrogen and oxygen atoms in total. The highest BCUT2D eigenvalue weighted by atomic mass is 32.1. The third kappa shape index (κ3) is 3.74. The predicted octanol–water partition coefficient (Wildman–Crippen LogP) is 2.42. The SMILES string of the molecule is Cc1nnc(N2CCC3(CC2)C[C@H](OCC2CCOCC2)CO3)s1. The van der Waals surface area contributed by atoms with Crippen molar-refractivity contribution in [2.45, 2.75) is 50.7 Å². The molecule has 3 aliphatic heterocycles. The molecule has 1 atom stereocenters. The van der Waals surface area contributed by atoms with Crippen LogP contribution in [0, 0.1) is 12.8 Å². The van der Waals surface area contributed by atoms with E-state index in [1.165, 1.54) is 0 Å². The van der Waals surface area contributed by atoms with Gasteiger partial charge in [0.15, 0.2) is 0 Å². The van der Waals surface area contributed by atoms with E-state index >= 15 is 0 Å². The number of rotatable bonds is 4. The Bertz CT molecular complexity index is 539. The van der Waals surface area contributed by atoms with Gasteiger partial charge < -0.3 is 19.1 Å². The van der Waals surface area contributed by atoms with Gasteiger partial charge >= 0.3 is 0 Å². The van der Waals surface area contributed by atoms with Crippen LogP contribution in [-0.4, -0.2) is 61.4 Å². The molecule has 4 rings (SSSR count). The lowest BCUT2D eigenvalue weighted by Gasteiger charge is -2.38. The molecule has 1 aromatic rings. The number of ether oxygens (including phenoxy) is 3. The Kier molecular flexibility index (Phi) is 5.03. The molecule has 0 bridgehead atoms. The second kappa shape index (κ2) is 7.23. The zero-order valence-electron chi connectivity index (χ0n) is 14.4. The van der Waals surface area contributed by atoms with Gasteiger partial charge in [-0.3, -0.25) is 0 Å². The molecule has 3 aliphatic rings. The molecular weight excluding hydrogens is 326 g/mol. The fraction of sp³-hybridized carbons (Fsp3) is 0.882. The van der Waals surface area contributed by atoms with Crippen molar-refractivity contribution < 1.29 is 14.2 Å². The summed E-state index contributed by atoms with van der Waals surface area (Å²) in [6.07, 6.45) is 5.69. The van der Waals surface area contributed by atoms with Gasteiger partial charge in [-0.1, -0.05) is 11.3 Å². The number of piperidine rings is 1. The normalized spacial score (nSPS) is 27.9. The van der Waals surface area contributed by atoms with Crippen molar-refractivity contribution in [1.29, 1.82) is 0 Å². The molecular formula is C17H27N3O3S. The van der Waals surface area contributed by atoms with Crippen molar-refractivity contribution in [3.8, 4) is 0 Å². The van der Waals surface area contributed by atoms with Crippen molar-refractivity contribution >= 4 is 16.5 Å². The maximum Gasteiger partial charge on any atom is 0.208 e. The van der Waals surface area contributed by atoms with Gasteiger partial charge in [0.25, 0.3) is 0 Å². The second-order valence-electron chi connectivity index (χ2n) is 7.30. The number of hydrogen-bond donors (Lipinski definition) is 0. The maximum absolute atomic E-state index is 6.21. The molecule has 0 amide bonds. The lowest BCUT2D eigenvalue weighted by molar-refractivity contribution is -0.0269. The monoisotopic (exact) mass is 353 g/mol. The zero-order valence-corrected chi connectivity index (χ0v) is 15.2. The smallest absolute Gasteiger partial charge is 0.208 e. The van der Waals surface area contributed by atoms with E-state index in [4.69, 9.17) is 14.2 Å². The average Bonchev–Trinajstić information content (AvgIpc) is 3.22. The highest BCUT2D eigenvalue weighted by molar-refractivity contribution is 7.15. The van der Waals surface area contributed by atoms with Crippen LogP contribution in [0.2, 0.25) is 0 Å². The van der Waals surface area contributed by atoms with Crippen molar-refractivity contribution in [2.24, 2.45) is 5.92 Å². The first kappa shape index (κ1) is 16.7. The van der Waals surface area contributed by atoms with Gasteiger partial charge in [-0.25, -0.2) is 0 Å². The molecule has 0 radical (unpaired) electrons. The minimum Gasteiger partial charge on any atom is -0.381 e. The van der Waals surface area contributed by atoms with Crippen LogP contribution in [0.15, 0.2) is 0 Å². The van der Waals surface area contributed by atoms with Gasteiger partial charge in [-0.2, -0.15) is 0 Å². The van der Waals surface area contributed by atoms with Crippen LogP contribution in [0.5, 0.6) is 0 Å². The molecule has 24 heavy (non-hydrogen) atoms. The molecule has 3 saturated heterocycles. The number of aromatic nitrogens is 2. The van der Waals surface area contributed by atoms with Crippen LogP contribution in [0.4, 0.5) is 5.13 Å². The van der Waals surface area contributed by atoms with Crippen LogP contribution < -0.4 is 4.90 Å². The van der Waals surface area contributed by atoms with Crippen LogP contribution in [0.3, 0.4) is 0 Å². The maximum atomic E-state index is 6.21. The molecule has 0 unspecified atom stereocenters. The summed E-state index contributed by atoms with van der Waals surface area (Å²) in [7, 11) is 0. The third-order valence-corrected chi connectivity index (χ3v) is 6.44. The predicted molar refractivity (Wildman–Crippen MR) is 92.7 cm³/mol. The molecule has 4 heterocycles. The van der Waals surface area contributed by atoms with Crippen LogP contribution in [-0.2, 0) is 14.2 Å². The molecule has 3 fully saturated rings. The molecule has 0 saturated carbocycles. The fourth-order valence-electron chi connectivity index (χ4n) is 3.96. The molecule has 0 aromatic carbocycles. The fourth-order valence-corrected chi connectivity index (χ4v) is 4.70. The average molecular weight is 353 g/mol. The Morgan fingerprint density at radius 1 is 1.25 bits per heavy atom. The lowest BCUT2D eigenvalue weighted by Crippen LogP contribution is -2.44. The summed E-state index contributed by atoms with van der Waals surface area (Å²) in [5, 5.41) is 10.5. The van der Waals surface area contributed by atoms with Gasteiger partial charge in [-0.15, -0.1) is 10.2 Å². The van der Waals surface area contributed by atoms with Crippen LogP contribution in [0.25, 0.3) is 0 Å². The standard InChI is InChI=1S/C17H27N3O3S/c1-13-18-19-16(24-13)20-6-4-17(5-7-20)10-15(12-23-17)22-11-14-2-8-21-9-3-14/h14-15H,2-12H2,1H3/t15-/m0/s1. The van der Waals surface area contributed by atoms with Crippen molar-refractivity contribution in [3.63, 3.8) is 0 Å². The molecule has 0 aliphatic carbocycles. The van der Waals surface area contributed by atoms with Gasteiger partial charge in [0.05, 0.1) is 24.9 Å². The van der Waals surface area contributed by atoms with Gasteiger partial charge in [0.2, 0.25) is 5.13 Å². The molecule has 1 spiro atoms. The summed E-state index contributed by atoms with van der Waals surface area (Å²) in [5.74, 6) is 0.665. The Morgan fingerprint density at radius 2 is 2.04 bits per heavy atom. The second-order valence-corrected chi connectivity index (χ2v) is 8.46. The van der Waals surface area contributed by atoms with E-state index in [1.54, 1.807) is 11.3 Å². The number of aryl methyl sites for hydroxylation is 1. The summed E-state index contributed by atoms with van der Waals surface area (Å²) in [6.45, 7) is 7.40. The Balaban J connectivity index is 1.24. The van der Waals surface area contributed by atoms with Crippen molar-refractivity contribution in [2.75, 3.05) is 44.4 Å². The van der Waals surface area contributed by atoms with E-state index in [-0.39, 0.29) is 11.7 Å². The highest BCUT2D eigenvalue weighted by Gasteiger charge is 2.43. The zero-order chi connectivity index (χ0) is 16.4. The topological polar surface area (TPSA) is 56.7 Å². The number of anilines is 1. The summed E-state index contributed by atoms with van der Waals surface area (Å²) in [4.78, 5) is 2.34. The Morgan fingerprint density at radius 3 is 2.75 bits per heavy atom. The van der Waals surface area contributed by atoms with Gasteiger partial charge in [0, 0.05) is 32.7 Å². The first-order valence-corrected chi connectivity index (χ1v) is 9.92. The van der Waals surface area contributed by atoms with Crippen molar-refractivity contribution in [3.05, 3.63) is 5.01 Å². The summed E-state index contributed by atoms with van der Waals surface area (Å²) in [5.41, 5.74) is 0.0244. The quantitative estimate of drug-likeness (QED) is 0.829. The number of hydrogen-bond acceptors (Lipinski definition) is 7. The molecule has 7 heteroatoms. The highest BCUT2D eigenvalue weighted by Crippen LogP contribution is 2.38. The van der Waals surface area contributed by atoms with E-state index in [2.05, 4.69) is 15.1 Å². The van der Waals surface area contributed by atoms with E-state index in [0.29, 0.717) is 5.92 Å². The summed E-state index contributed by atoms with van der Waals surface area (Å²) >= 11 is 1.68.